The van der Waals surface area contributed by atoms with Crippen LogP contribution in [0.15, 0.2) is 6.07 Å². The average molecular weight is 345 g/mol. The zero-order valence-corrected chi connectivity index (χ0v) is 15.2. The number of carbonyl (C=O) groups excluding carboxylic acids is 1. The van der Waals surface area contributed by atoms with Gasteiger partial charge in [0, 0.05) is 22.8 Å². The van der Waals surface area contributed by atoms with Crippen molar-refractivity contribution in [1.29, 1.82) is 0 Å². The number of urea groups is 1. The lowest BCUT2D eigenvalue weighted by molar-refractivity contribution is 0.192. The Morgan fingerprint density at radius 1 is 1.45 bits per heavy atom. The zero-order valence-electron chi connectivity index (χ0n) is 13.5. The Morgan fingerprint density at radius 3 is 2.73 bits per heavy atom. The van der Waals surface area contributed by atoms with E-state index in [0.717, 1.165) is 5.56 Å². The summed E-state index contributed by atoms with van der Waals surface area (Å²) >= 11 is 1.72. The van der Waals surface area contributed by atoms with E-state index in [1.165, 1.54) is 9.75 Å². The van der Waals surface area contributed by atoms with Crippen LogP contribution in [0.25, 0.3) is 0 Å². The molecule has 0 saturated carbocycles. The fourth-order valence-corrected chi connectivity index (χ4v) is 5.57. The normalized spacial score (nSPS) is 22.9. The largest absolute Gasteiger partial charge is 0.331 e. The fraction of sp³-hybridized carbons (Fsp3) is 0.667. The molecule has 1 aromatic heterocycles. The number of sulfone groups is 1. The van der Waals surface area contributed by atoms with Gasteiger partial charge < -0.3 is 10.2 Å². The van der Waals surface area contributed by atoms with Crippen molar-refractivity contribution in [2.75, 3.05) is 24.6 Å². The summed E-state index contributed by atoms with van der Waals surface area (Å²) < 4.78 is 23.6. The summed E-state index contributed by atoms with van der Waals surface area (Å²) in [5, 5.41) is 2.99. The molecule has 1 aliphatic heterocycles. The summed E-state index contributed by atoms with van der Waals surface area (Å²) in [6, 6.07) is 1.84. The maximum absolute atomic E-state index is 12.4. The van der Waals surface area contributed by atoms with Crippen molar-refractivity contribution in [2.24, 2.45) is 5.92 Å². The molecule has 5 nitrogen and oxygen atoms in total. The van der Waals surface area contributed by atoms with Gasteiger partial charge in [-0.1, -0.05) is 6.92 Å². The Balaban J connectivity index is 2.04. The molecular weight excluding hydrogens is 320 g/mol. The van der Waals surface area contributed by atoms with Crippen LogP contribution in [-0.2, 0) is 9.84 Å². The van der Waals surface area contributed by atoms with E-state index >= 15 is 0 Å². The van der Waals surface area contributed by atoms with Gasteiger partial charge in [0.05, 0.1) is 17.5 Å². The van der Waals surface area contributed by atoms with Gasteiger partial charge in [0.15, 0.2) is 9.84 Å². The number of hydrogen-bond acceptors (Lipinski definition) is 4. The molecule has 2 amide bonds. The first-order chi connectivity index (χ1) is 10.2. The number of hydrogen-bond donors (Lipinski definition) is 1. The van der Waals surface area contributed by atoms with Gasteiger partial charge in [0.25, 0.3) is 0 Å². The van der Waals surface area contributed by atoms with Gasteiger partial charge in [-0.05, 0) is 38.3 Å². The molecule has 0 aliphatic carbocycles. The first-order valence-corrected chi connectivity index (χ1v) is 10.1. The molecule has 2 atom stereocenters. The number of nitrogens with zero attached hydrogens (tertiary/aromatic N) is 1. The maximum Gasteiger partial charge on any atom is 0.317 e. The molecule has 1 aliphatic rings. The molecule has 22 heavy (non-hydrogen) atoms. The molecule has 2 rings (SSSR count). The minimum Gasteiger partial charge on any atom is -0.331 e. The van der Waals surface area contributed by atoms with Crippen LogP contribution in [0.1, 0.15) is 35.2 Å². The molecule has 1 N–H and O–H groups in total. The van der Waals surface area contributed by atoms with E-state index < -0.39 is 9.84 Å². The molecule has 1 aromatic rings. The average Bonchev–Trinajstić information content (AvgIpc) is 2.64. The highest BCUT2D eigenvalue weighted by molar-refractivity contribution is 7.91. The molecule has 7 heteroatoms. The van der Waals surface area contributed by atoms with E-state index in [4.69, 9.17) is 0 Å². The van der Waals surface area contributed by atoms with E-state index in [1.54, 1.807) is 16.2 Å². The minimum absolute atomic E-state index is 0.0290. The second-order valence-electron chi connectivity index (χ2n) is 6.21. The molecule has 0 spiro atoms. The predicted octanol–water partition coefficient (Wildman–Crippen LogP) is 2.50. The summed E-state index contributed by atoms with van der Waals surface area (Å²) in [7, 11) is -3.04. The van der Waals surface area contributed by atoms with Crippen LogP contribution in [0.4, 0.5) is 4.79 Å². The zero-order chi connectivity index (χ0) is 16.5. The van der Waals surface area contributed by atoms with Crippen LogP contribution >= 0.6 is 11.3 Å². The topological polar surface area (TPSA) is 66.5 Å². The van der Waals surface area contributed by atoms with Gasteiger partial charge in [-0.2, -0.15) is 0 Å². The molecule has 2 heterocycles. The Labute approximate surface area is 136 Å². The molecule has 1 saturated heterocycles. The van der Waals surface area contributed by atoms with E-state index in [-0.39, 0.29) is 36.0 Å². The van der Waals surface area contributed by atoms with Crippen molar-refractivity contribution in [1.82, 2.24) is 10.2 Å². The van der Waals surface area contributed by atoms with E-state index in [9.17, 15) is 13.2 Å². The second kappa shape index (κ2) is 6.58. The maximum atomic E-state index is 12.4. The fourth-order valence-electron chi connectivity index (χ4n) is 2.91. The Hall–Kier alpha value is -1.08. The number of aryl methyl sites for hydroxylation is 2. The van der Waals surface area contributed by atoms with E-state index in [0.29, 0.717) is 6.54 Å². The number of carbonyl (C=O) groups is 1. The first kappa shape index (κ1) is 17.3. The monoisotopic (exact) mass is 344 g/mol. The molecule has 0 bridgehead atoms. The van der Waals surface area contributed by atoms with Crippen LogP contribution in [0, 0.1) is 19.8 Å². The van der Waals surface area contributed by atoms with Crippen molar-refractivity contribution >= 4 is 27.2 Å². The molecule has 0 unspecified atom stereocenters. The molecule has 0 radical (unpaired) electrons. The Morgan fingerprint density at radius 2 is 2.14 bits per heavy atom. The Bertz CT molecular complexity index is 652. The molecule has 1 fully saturated rings. The van der Waals surface area contributed by atoms with Crippen LogP contribution in [0.5, 0.6) is 0 Å². The van der Waals surface area contributed by atoms with Crippen molar-refractivity contribution in [3.05, 3.63) is 21.4 Å². The number of nitrogens with one attached hydrogen (secondary N) is 1. The molecular formula is C15H24N2O3S2. The van der Waals surface area contributed by atoms with Crippen LogP contribution in [0.2, 0.25) is 0 Å². The van der Waals surface area contributed by atoms with Gasteiger partial charge in [0.2, 0.25) is 0 Å². The summed E-state index contributed by atoms with van der Waals surface area (Å²) in [4.78, 5) is 16.5. The van der Waals surface area contributed by atoms with Crippen molar-refractivity contribution < 1.29 is 13.2 Å². The van der Waals surface area contributed by atoms with Crippen molar-refractivity contribution in [3.63, 3.8) is 0 Å². The number of rotatable bonds is 2. The summed E-state index contributed by atoms with van der Waals surface area (Å²) in [5.41, 5.74) is 1.13. The highest BCUT2D eigenvalue weighted by atomic mass is 32.2. The van der Waals surface area contributed by atoms with Gasteiger partial charge in [0.1, 0.15) is 0 Å². The molecule has 124 valence electrons. The van der Waals surface area contributed by atoms with Crippen LogP contribution < -0.4 is 5.32 Å². The highest BCUT2D eigenvalue weighted by Crippen LogP contribution is 2.26. The van der Waals surface area contributed by atoms with Crippen LogP contribution in [-0.4, -0.2) is 43.9 Å². The lowest BCUT2D eigenvalue weighted by atomic mass is 10.1. The SMILES string of the molecule is Cc1cc([C@@H](C)NC(=O)N2CCS(=O)(=O)C[C@H](C)C2)c(C)s1. The minimum atomic E-state index is -3.04. The van der Waals surface area contributed by atoms with Gasteiger partial charge in [-0.3, -0.25) is 0 Å². The lowest BCUT2D eigenvalue weighted by Crippen LogP contribution is -2.43. The first-order valence-electron chi connectivity index (χ1n) is 7.51. The third-order valence-electron chi connectivity index (χ3n) is 3.92. The Kier molecular flexibility index (Phi) is 5.17. The van der Waals surface area contributed by atoms with Crippen molar-refractivity contribution in [3.8, 4) is 0 Å². The quantitative estimate of drug-likeness (QED) is 0.896. The standard InChI is InChI=1S/C15H24N2O3S2/c1-10-8-17(5-6-22(19,20)9-10)15(18)16-12(3)14-7-11(2)21-13(14)4/h7,10,12H,5-6,8-9H2,1-4H3,(H,16,18)/t10-,12-/m1/s1. The summed E-state index contributed by atoms with van der Waals surface area (Å²) in [5.74, 6) is 0.184. The third-order valence-corrected chi connectivity index (χ3v) is 6.78. The summed E-state index contributed by atoms with van der Waals surface area (Å²) in [6.07, 6.45) is 0. The van der Waals surface area contributed by atoms with Crippen LogP contribution in [0.3, 0.4) is 0 Å². The second-order valence-corrected chi connectivity index (χ2v) is 9.89. The van der Waals surface area contributed by atoms with Gasteiger partial charge in [-0.25, -0.2) is 13.2 Å². The lowest BCUT2D eigenvalue weighted by Gasteiger charge is -2.25. The van der Waals surface area contributed by atoms with E-state index in [2.05, 4.69) is 25.2 Å². The van der Waals surface area contributed by atoms with Gasteiger partial charge >= 0.3 is 6.03 Å². The van der Waals surface area contributed by atoms with Gasteiger partial charge in [-0.15, -0.1) is 11.3 Å². The summed E-state index contributed by atoms with van der Waals surface area (Å²) in [6.45, 7) is 8.70. The number of thiophene rings is 1. The highest BCUT2D eigenvalue weighted by Gasteiger charge is 2.27. The third kappa shape index (κ3) is 4.23. The van der Waals surface area contributed by atoms with E-state index in [1.807, 2.05) is 13.8 Å². The molecule has 0 aromatic carbocycles. The number of amides is 2. The smallest absolute Gasteiger partial charge is 0.317 e. The van der Waals surface area contributed by atoms with Crippen molar-refractivity contribution in [2.45, 2.75) is 33.7 Å². The predicted molar refractivity (Wildman–Crippen MR) is 90.1 cm³/mol.